The van der Waals surface area contributed by atoms with Gasteiger partial charge in [0, 0.05) is 10.9 Å². The zero-order valence-electron chi connectivity index (χ0n) is 12.7. The van der Waals surface area contributed by atoms with Crippen molar-refractivity contribution < 1.29 is 45.7 Å². The third-order valence-corrected chi connectivity index (χ3v) is 3.89. The summed E-state index contributed by atoms with van der Waals surface area (Å²) in [6, 6.07) is 5.35. The third kappa shape index (κ3) is 2.78. The molecule has 0 aliphatic carbocycles. The molecular weight excluding hydrogens is 370 g/mol. The molecule has 0 bridgehead atoms. The summed E-state index contributed by atoms with van der Waals surface area (Å²) in [6.07, 6.45) is -10.7. The van der Waals surface area contributed by atoms with E-state index >= 15 is 0 Å². The van der Waals surface area contributed by atoms with Gasteiger partial charge in [-0.15, -0.1) is 0 Å². The molecule has 1 atom stereocenters. The van der Waals surface area contributed by atoms with Gasteiger partial charge in [-0.25, -0.2) is 0 Å². The molecule has 0 fully saturated rings. The highest BCUT2D eigenvalue weighted by atomic mass is 19.4. The predicted octanol–water partition coefficient (Wildman–Crippen LogP) is 3.70. The minimum atomic E-state index is -5.38. The van der Waals surface area contributed by atoms with Gasteiger partial charge in [-0.3, -0.25) is 4.79 Å². The van der Waals surface area contributed by atoms with Crippen LogP contribution in [-0.4, -0.2) is 36.5 Å². The molecule has 0 radical (unpaired) electrons. The number of fused-ring (bicyclic) bond motifs is 3. The van der Waals surface area contributed by atoms with Crippen LogP contribution in [0.1, 0.15) is 15.9 Å². The Morgan fingerprint density at radius 1 is 1.04 bits per heavy atom. The first-order valence-corrected chi connectivity index (χ1v) is 7.20. The lowest BCUT2D eigenvalue weighted by atomic mass is 9.92. The van der Waals surface area contributed by atoms with Gasteiger partial charge in [-0.05, 0) is 11.5 Å². The largest absolute Gasteiger partial charge is 0.490 e. The monoisotopic (exact) mass is 380 g/mol. The highest BCUT2D eigenvalue weighted by Crippen LogP contribution is 2.48. The maximum atomic E-state index is 13.4. The number of Topliss-reactive ketones (excluding diaryl/α,β-unsaturated/α-hetero) is 1. The van der Waals surface area contributed by atoms with E-state index in [-0.39, 0.29) is 17.4 Å². The number of carbonyl (C=O) groups excluding carboxylic acids is 1. The van der Waals surface area contributed by atoms with Crippen molar-refractivity contribution in [2.75, 3.05) is 13.2 Å². The topological polar surface area (TPSA) is 55.8 Å². The molecule has 3 rings (SSSR count). The highest BCUT2D eigenvalue weighted by Gasteiger charge is 2.59. The van der Waals surface area contributed by atoms with E-state index in [4.69, 9.17) is 4.74 Å². The second-order valence-corrected chi connectivity index (χ2v) is 5.51. The Labute approximate surface area is 141 Å². The number of carbonyl (C=O) groups is 1. The van der Waals surface area contributed by atoms with Crippen molar-refractivity contribution >= 4 is 16.6 Å². The summed E-state index contributed by atoms with van der Waals surface area (Å²) in [5.74, 6) is -6.74. The highest BCUT2D eigenvalue weighted by molar-refractivity contribution is 6.12. The van der Waals surface area contributed by atoms with E-state index in [2.05, 4.69) is 4.74 Å². The average Bonchev–Trinajstić information content (AvgIpc) is 2.72. The standard InChI is InChI=1S/C16H10F6O4/c17-15(18,19)13(23)10-7-11-12(9-4-2-1-3-8(9)10)25-5-6-26-14(11,24)16(20,21)22/h1-4,7,24H,5-6H2. The number of hydrogen-bond acceptors (Lipinski definition) is 4. The predicted molar refractivity (Wildman–Crippen MR) is 75.7 cm³/mol. The minimum absolute atomic E-state index is 0.175. The molecule has 1 aliphatic heterocycles. The Morgan fingerprint density at radius 3 is 2.23 bits per heavy atom. The molecular formula is C16H10F6O4. The van der Waals surface area contributed by atoms with Crippen LogP contribution in [0.2, 0.25) is 0 Å². The van der Waals surface area contributed by atoms with Gasteiger partial charge in [0.2, 0.25) is 0 Å². The van der Waals surface area contributed by atoms with Gasteiger partial charge in [-0.2, -0.15) is 26.3 Å². The summed E-state index contributed by atoms with van der Waals surface area (Å²) >= 11 is 0. The van der Waals surface area contributed by atoms with E-state index in [1.165, 1.54) is 18.2 Å². The van der Waals surface area contributed by atoms with Crippen LogP contribution in [0.15, 0.2) is 30.3 Å². The number of rotatable bonds is 1. The van der Waals surface area contributed by atoms with Crippen LogP contribution in [0.3, 0.4) is 0 Å². The molecule has 0 aromatic heterocycles. The molecule has 0 saturated heterocycles. The van der Waals surface area contributed by atoms with Gasteiger partial charge in [-0.1, -0.05) is 24.3 Å². The lowest BCUT2D eigenvalue weighted by molar-refractivity contribution is -0.373. The van der Waals surface area contributed by atoms with Crippen molar-refractivity contribution in [3.05, 3.63) is 41.5 Å². The van der Waals surface area contributed by atoms with Crippen molar-refractivity contribution in [2.24, 2.45) is 0 Å². The Kier molecular flexibility index (Phi) is 4.15. The maximum absolute atomic E-state index is 13.4. The van der Waals surface area contributed by atoms with Crippen molar-refractivity contribution in [3.8, 4) is 5.75 Å². The molecule has 2 aromatic carbocycles. The lowest BCUT2D eigenvalue weighted by Gasteiger charge is -2.30. The van der Waals surface area contributed by atoms with Gasteiger partial charge in [0.15, 0.2) is 0 Å². The normalized spacial score (nSPS) is 21.0. The Bertz CT molecular complexity index is 873. The summed E-state index contributed by atoms with van der Waals surface area (Å²) in [5.41, 5.74) is -2.14. The van der Waals surface area contributed by atoms with E-state index in [1.54, 1.807) is 0 Å². The molecule has 1 heterocycles. The van der Waals surface area contributed by atoms with Crippen molar-refractivity contribution in [1.29, 1.82) is 0 Å². The van der Waals surface area contributed by atoms with Gasteiger partial charge in [0.25, 0.3) is 11.6 Å². The number of ether oxygens (including phenoxy) is 2. The molecule has 1 aliphatic rings. The van der Waals surface area contributed by atoms with Gasteiger partial charge in [0.1, 0.15) is 12.4 Å². The van der Waals surface area contributed by atoms with Crippen LogP contribution < -0.4 is 4.74 Å². The minimum Gasteiger partial charge on any atom is -0.490 e. The molecule has 0 saturated carbocycles. The molecule has 4 nitrogen and oxygen atoms in total. The first kappa shape index (κ1) is 18.5. The maximum Gasteiger partial charge on any atom is 0.454 e. The summed E-state index contributed by atoms with van der Waals surface area (Å²) in [7, 11) is 0. The van der Waals surface area contributed by atoms with Crippen LogP contribution >= 0.6 is 0 Å². The van der Waals surface area contributed by atoms with Crippen LogP contribution in [0, 0.1) is 0 Å². The van der Waals surface area contributed by atoms with E-state index in [0.29, 0.717) is 6.07 Å². The fourth-order valence-electron chi connectivity index (χ4n) is 2.74. The molecule has 0 spiro atoms. The van der Waals surface area contributed by atoms with Crippen molar-refractivity contribution in [1.82, 2.24) is 0 Å². The number of alkyl halides is 6. The van der Waals surface area contributed by atoms with E-state index < -0.39 is 47.4 Å². The van der Waals surface area contributed by atoms with Crippen LogP contribution in [-0.2, 0) is 10.5 Å². The van der Waals surface area contributed by atoms with Gasteiger partial charge >= 0.3 is 12.4 Å². The van der Waals surface area contributed by atoms with E-state index in [0.717, 1.165) is 6.07 Å². The third-order valence-electron chi connectivity index (χ3n) is 3.89. The van der Waals surface area contributed by atoms with E-state index in [1.807, 2.05) is 0 Å². The number of benzene rings is 2. The lowest BCUT2D eigenvalue weighted by Crippen LogP contribution is -2.44. The SMILES string of the molecule is O=C(c1cc2c(c3ccccc13)OCCOC2(O)C(F)(F)F)C(F)(F)F. The number of hydrogen-bond donors (Lipinski definition) is 1. The van der Waals surface area contributed by atoms with Gasteiger partial charge < -0.3 is 14.6 Å². The summed E-state index contributed by atoms with van der Waals surface area (Å²) in [4.78, 5) is 11.7. The Hall–Kier alpha value is -2.33. The summed E-state index contributed by atoms with van der Waals surface area (Å²) in [6.45, 7) is -1.04. The van der Waals surface area contributed by atoms with E-state index in [9.17, 15) is 36.2 Å². The fourth-order valence-corrected chi connectivity index (χ4v) is 2.74. The second kappa shape index (κ2) is 5.85. The van der Waals surface area contributed by atoms with Crippen LogP contribution in [0.4, 0.5) is 26.3 Å². The molecule has 140 valence electrons. The average molecular weight is 380 g/mol. The first-order valence-electron chi connectivity index (χ1n) is 7.20. The Balaban J connectivity index is 2.41. The first-order chi connectivity index (χ1) is 12.0. The molecule has 2 aromatic rings. The smallest absolute Gasteiger partial charge is 0.454 e. The zero-order valence-corrected chi connectivity index (χ0v) is 12.7. The fraction of sp³-hybridized carbons (Fsp3) is 0.312. The zero-order chi connectivity index (χ0) is 19.3. The quantitative estimate of drug-likeness (QED) is 0.606. The van der Waals surface area contributed by atoms with Crippen LogP contribution in [0.25, 0.3) is 10.8 Å². The van der Waals surface area contributed by atoms with Crippen LogP contribution in [0.5, 0.6) is 5.75 Å². The molecule has 1 unspecified atom stereocenters. The number of aliphatic hydroxyl groups is 1. The molecule has 10 heteroatoms. The summed E-state index contributed by atoms with van der Waals surface area (Å²) < 4.78 is 88.6. The molecule has 0 amide bonds. The summed E-state index contributed by atoms with van der Waals surface area (Å²) in [5, 5.41) is 9.66. The molecule has 26 heavy (non-hydrogen) atoms. The van der Waals surface area contributed by atoms with Gasteiger partial charge in [0.05, 0.1) is 12.2 Å². The van der Waals surface area contributed by atoms with Crippen molar-refractivity contribution in [2.45, 2.75) is 18.1 Å². The number of halogens is 6. The Morgan fingerprint density at radius 2 is 1.65 bits per heavy atom. The van der Waals surface area contributed by atoms with Crippen molar-refractivity contribution in [3.63, 3.8) is 0 Å². The second-order valence-electron chi connectivity index (χ2n) is 5.51. The number of ketones is 1. The molecule has 1 N–H and O–H groups in total.